The van der Waals surface area contributed by atoms with E-state index in [1.165, 1.54) is 5.56 Å². The van der Waals surface area contributed by atoms with Crippen LogP contribution in [-0.2, 0) is 24.1 Å². The number of aromatic nitrogens is 1. The number of nitrogens with zero attached hydrogens (tertiary/aromatic N) is 1. The summed E-state index contributed by atoms with van der Waals surface area (Å²) >= 11 is 0. The summed E-state index contributed by atoms with van der Waals surface area (Å²) in [6.45, 7) is 3.15. The molecule has 0 saturated carbocycles. The molecule has 138 valence electrons. The van der Waals surface area contributed by atoms with E-state index in [1.54, 1.807) is 18.2 Å². The molecule has 5 N–H and O–H groups in total. The minimum Gasteiger partial charge on any atom is -0.508 e. The Kier molecular flexibility index (Phi) is 5.42. The first kappa shape index (κ1) is 18.2. The Balaban J connectivity index is 1.75. The number of aromatic hydroxyl groups is 1. The largest absolute Gasteiger partial charge is 0.508 e. The van der Waals surface area contributed by atoms with E-state index in [1.807, 2.05) is 6.07 Å². The summed E-state index contributed by atoms with van der Waals surface area (Å²) in [7, 11) is 0. The first-order valence-electron chi connectivity index (χ1n) is 8.97. The Hall–Kier alpha value is -2.60. The molecule has 0 fully saturated rings. The minimum atomic E-state index is -1.03. The second-order valence-corrected chi connectivity index (χ2v) is 6.96. The number of phenols is 1. The van der Waals surface area contributed by atoms with Crippen molar-refractivity contribution >= 4 is 11.8 Å². The number of carbonyl (C=O) groups is 1. The molecule has 26 heavy (non-hydrogen) atoms. The van der Waals surface area contributed by atoms with Crippen molar-refractivity contribution < 1.29 is 15.0 Å². The number of aliphatic carboxylic acids is 1. The third-order valence-electron chi connectivity index (χ3n) is 4.98. The summed E-state index contributed by atoms with van der Waals surface area (Å²) in [5, 5.41) is 22.2. The maximum atomic E-state index is 11.0. The lowest BCUT2D eigenvalue weighted by Gasteiger charge is -2.23. The summed E-state index contributed by atoms with van der Waals surface area (Å²) in [6, 6.07) is 8.23. The van der Waals surface area contributed by atoms with Gasteiger partial charge in [-0.3, -0.25) is 4.79 Å². The zero-order valence-electron chi connectivity index (χ0n) is 14.9. The predicted molar refractivity (Wildman–Crippen MR) is 101 cm³/mol. The second-order valence-electron chi connectivity index (χ2n) is 6.96. The molecule has 0 saturated heterocycles. The van der Waals surface area contributed by atoms with Crippen molar-refractivity contribution in [3.8, 4) is 5.75 Å². The Morgan fingerprint density at radius 2 is 2.12 bits per heavy atom. The van der Waals surface area contributed by atoms with Crippen LogP contribution in [0.1, 0.15) is 41.6 Å². The number of hydrogen-bond donors (Lipinski definition) is 4. The highest BCUT2D eigenvalue weighted by atomic mass is 16.4. The molecule has 3 rings (SSSR count). The topological polar surface area (TPSA) is 108 Å². The average molecular weight is 355 g/mol. The number of anilines is 1. The molecule has 1 aromatic heterocycles. The number of nitrogens with one attached hydrogen (secondary N) is 1. The first-order valence-corrected chi connectivity index (χ1v) is 8.97. The standard InChI is InChI=1S/C20H25N3O3/c1-12-8-9-22-19-17(12)7-5-15(23-19)4-2-13-10-16(24)6-3-14(13)11-18(21)20(25)26/h3,5-7,10,12,18,24H,2,4,8-9,11,21H2,1H3,(H,22,23)(H,25,26)/t12?,18-/m0/s1. The van der Waals surface area contributed by atoms with Gasteiger partial charge in [-0.15, -0.1) is 0 Å². The van der Waals surface area contributed by atoms with Gasteiger partial charge in [0.25, 0.3) is 0 Å². The van der Waals surface area contributed by atoms with Gasteiger partial charge in [-0.1, -0.05) is 19.1 Å². The third kappa shape index (κ3) is 4.14. The highest BCUT2D eigenvalue weighted by molar-refractivity contribution is 5.73. The van der Waals surface area contributed by atoms with Crippen LogP contribution in [0.2, 0.25) is 0 Å². The van der Waals surface area contributed by atoms with Gasteiger partial charge in [0.05, 0.1) is 0 Å². The predicted octanol–water partition coefficient (Wildman–Crippen LogP) is 2.45. The van der Waals surface area contributed by atoms with E-state index < -0.39 is 12.0 Å². The van der Waals surface area contributed by atoms with Crippen molar-refractivity contribution in [1.82, 2.24) is 4.98 Å². The molecule has 0 amide bonds. The van der Waals surface area contributed by atoms with Crippen LogP contribution < -0.4 is 11.1 Å². The zero-order chi connectivity index (χ0) is 18.7. The number of pyridine rings is 1. The van der Waals surface area contributed by atoms with Gasteiger partial charge in [-0.2, -0.15) is 0 Å². The summed E-state index contributed by atoms with van der Waals surface area (Å²) in [5.74, 6) is 0.621. The lowest BCUT2D eigenvalue weighted by molar-refractivity contribution is -0.138. The van der Waals surface area contributed by atoms with E-state index in [-0.39, 0.29) is 12.2 Å². The van der Waals surface area contributed by atoms with Crippen LogP contribution in [-0.4, -0.2) is 33.8 Å². The molecule has 0 bridgehead atoms. The van der Waals surface area contributed by atoms with Gasteiger partial charge in [0.15, 0.2) is 0 Å². The van der Waals surface area contributed by atoms with Crippen LogP contribution >= 0.6 is 0 Å². The molecule has 0 radical (unpaired) electrons. The van der Waals surface area contributed by atoms with Crippen molar-refractivity contribution in [3.63, 3.8) is 0 Å². The Labute approximate surface area is 153 Å². The highest BCUT2D eigenvalue weighted by Crippen LogP contribution is 2.30. The van der Waals surface area contributed by atoms with Gasteiger partial charge in [-0.05, 0) is 66.5 Å². The Bertz CT molecular complexity index is 807. The molecule has 1 aromatic carbocycles. The summed E-state index contributed by atoms with van der Waals surface area (Å²) in [4.78, 5) is 15.8. The number of aryl methyl sites for hydroxylation is 2. The smallest absolute Gasteiger partial charge is 0.320 e. The van der Waals surface area contributed by atoms with E-state index in [2.05, 4.69) is 18.3 Å². The number of rotatable bonds is 6. The van der Waals surface area contributed by atoms with Crippen LogP contribution in [0.5, 0.6) is 5.75 Å². The normalized spacial score (nSPS) is 17.2. The van der Waals surface area contributed by atoms with Crippen LogP contribution in [0.3, 0.4) is 0 Å². The molecule has 1 aliphatic heterocycles. The number of benzene rings is 1. The second kappa shape index (κ2) is 7.74. The van der Waals surface area contributed by atoms with Gasteiger partial charge in [0.1, 0.15) is 17.6 Å². The van der Waals surface area contributed by atoms with E-state index in [0.717, 1.165) is 35.6 Å². The van der Waals surface area contributed by atoms with E-state index in [9.17, 15) is 9.90 Å². The number of phenolic OH excluding ortho intramolecular Hbond substituents is 1. The molecule has 1 unspecified atom stereocenters. The van der Waals surface area contributed by atoms with Gasteiger partial charge >= 0.3 is 5.97 Å². The fourth-order valence-corrected chi connectivity index (χ4v) is 3.38. The Morgan fingerprint density at radius 1 is 1.31 bits per heavy atom. The van der Waals surface area contributed by atoms with Crippen LogP contribution in [0.4, 0.5) is 5.82 Å². The minimum absolute atomic E-state index is 0.168. The molecule has 0 spiro atoms. The molecule has 0 aliphatic carbocycles. The van der Waals surface area contributed by atoms with Gasteiger partial charge in [-0.25, -0.2) is 4.98 Å². The van der Waals surface area contributed by atoms with Crippen LogP contribution in [0.25, 0.3) is 0 Å². The quantitative estimate of drug-likeness (QED) is 0.634. The average Bonchev–Trinajstić information content (AvgIpc) is 2.61. The SMILES string of the molecule is CC1CCNc2nc(CCc3cc(O)ccc3C[C@H](N)C(=O)O)ccc21. The van der Waals surface area contributed by atoms with Crippen LogP contribution in [0, 0.1) is 0 Å². The lowest BCUT2D eigenvalue weighted by atomic mass is 9.94. The number of carboxylic acids is 1. The Morgan fingerprint density at radius 3 is 2.88 bits per heavy atom. The van der Waals surface area contributed by atoms with Crippen molar-refractivity contribution in [2.24, 2.45) is 5.73 Å². The van der Waals surface area contributed by atoms with Gasteiger partial charge in [0.2, 0.25) is 0 Å². The maximum Gasteiger partial charge on any atom is 0.320 e. The summed E-state index contributed by atoms with van der Waals surface area (Å²) in [6.07, 6.45) is 2.73. The molecular formula is C20H25N3O3. The molecule has 2 aromatic rings. The lowest BCUT2D eigenvalue weighted by Crippen LogP contribution is -2.32. The fourth-order valence-electron chi connectivity index (χ4n) is 3.38. The number of nitrogens with two attached hydrogens (primary N) is 1. The number of fused-ring (bicyclic) bond motifs is 1. The molecular weight excluding hydrogens is 330 g/mol. The van der Waals surface area contributed by atoms with Crippen LogP contribution in [0.15, 0.2) is 30.3 Å². The monoisotopic (exact) mass is 355 g/mol. The maximum absolute atomic E-state index is 11.0. The fraction of sp³-hybridized carbons (Fsp3) is 0.400. The van der Waals surface area contributed by atoms with Gasteiger partial charge in [0, 0.05) is 12.2 Å². The van der Waals surface area contributed by atoms with Crippen molar-refractivity contribution in [2.45, 2.75) is 44.6 Å². The zero-order valence-corrected chi connectivity index (χ0v) is 14.9. The highest BCUT2D eigenvalue weighted by Gasteiger charge is 2.18. The first-order chi connectivity index (χ1) is 12.4. The van der Waals surface area contributed by atoms with Crippen molar-refractivity contribution in [3.05, 3.63) is 52.7 Å². The van der Waals surface area contributed by atoms with Gasteiger partial charge < -0.3 is 21.3 Å². The number of hydrogen-bond acceptors (Lipinski definition) is 5. The number of carboxylic acid groups (broad SMARTS) is 1. The molecule has 2 heterocycles. The van der Waals surface area contributed by atoms with Crippen molar-refractivity contribution in [2.75, 3.05) is 11.9 Å². The molecule has 2 atom stereocenters. The molecule has 6 heteroatoms. The van der Waals surface area contributed by atoms with E-state index in [0.29, 0.717) is 18.8 Å². The summed E-state index contributed by atoms with van der Waals surface area (Å²) < 4.78 is 0. The van der Waals surface area contributed by atoms with E-state index in [4.69, 9.17) is 15.8 Å². The molecule has 6 nitrogen and oxygen atoms in total. The van der Waals surface area contributed by atoms with E-state index >= 15 is 0 Å². The summed E-state index contributed by atoms with van der Waals surface area (Å²) in [5.41, 5.74) is 9.65. The molecule has 1 aliphatic rings. The third-order valence-corrected chi connectivity index (χ3v) is 4.98. The van der Waals surface area contributed by atoms with Crippen molar-refractivity contribution in [1.29, 1.82) is 0 Å².